The lowest BCUT2D eigenvalue weighted by atomic mass is 10.1. The smallest absolute Gasteiger partial charge is 0.265 e. The average molecular weight is 326 g/mol. The number of fused-ring (bicyclic) bond motifs is 1. The predicted octanol–water partition coefficient (Wildman–Crippen LogP) is 1.56. The lowest BCUT2D eigenvalue weighted by molar-refractivity contribution is -0.136. The summed E-state index contributed by atoms with van der Waals surface area (Å²) in [5.41, 5.74) is 6.05. The van der Waals surface area contributed by atoms with Crippen molar-refractivity contribution in [2.24, 2.45) is 5.73 Å². The highest BCUT2D eigenvalue weighted by molar-refractivity contribution is 5.90. The normalized spacial score (nSPS) is 20.0. The molecule has 0 spiro atoms. The van der Waals surface area contributed by atoms with Crippen molar-refractivity contribution >= 4 is 11.8 Å². The molecule has 2 aromatic rings. The van der Waals surface area contributed by atoms with E-state index in [9.17, 15) is 9.59 Å². The molecule has 0 aliphatic carbocycles. The van der Waals surface area contributed by atoms with Crippen molar-refractivity contribution in [2.75, 3.05) is 0 Å². The zero-order valence-electron chi connectivity index (χ0n) is 13.1. The first-order chi connectivity index (χ1) is 11.6. The van der Waals surface area contributed by atoms with E-state index in [1.165, 1.54) is 0 Å². The zero-order valence-corrected chi connectivity index (χ0v) is 13.1. The molecule has 0 saturated heterocycles. The Morgan fingerprint density at radius 1 is 1.00 bits per heavy atom. The summed E-state index contributed by atoms with van der Waals surface area (Å²) < 4.78 is 11.4. The van der Waals surface area contributed by atoms with Gasteiger partial charge in [-0.2, -0.15) is 0 Å². The van der Waals surface area contributed by atoms with Crippen LogP contribution < -0.4 is 20.5 Å². The van der Waals surface area contributed by atoms with E-state index < -0.39 is 30.1 Å². The van der Waals surface area contributed by atoms with E-state index in [2.05, 4.69) is 5.32 Å². The van der Waals surface area contributed by atoms with Crippen molar-refractivity contribution in [3.8, 4) is 11.5 Å². The minimum Gasteiger partial charge on any atom is -0.482 e. The van der Waals surface area contributed by atoms with Gasteiger partial charge in [-0.05, 0) is 24.6 Å². The van der Waals surface area contributed by atoms with Crippen molar-refractivity contribution in [3.63, 3.8) is 0 Å². The van der Waals surface area contributed by atoms with Gasteiger partial charge < -0.3 is 20.5 Å². The molecule has 2 aromatic carbocycles. The van der Waals surface area contributed by atoms with Crippen LogP contribution >= 0.6 is 0 Å². The Balaban J connectivity index is 1.77. The van der Waals surface area contributed by atoms with Gasteiger partial charge in [0.15, 0.2) is 11.5 Å². The minimum absolute atomic E-state index is 0.454. The molecule has 3 N–H and O–H groups in total. The van der Waals surface area contributed by atoms with Crippen molar-refractivity contribution in [2.45, 2.75) is 25.2 Å². The van der Waals surface area contributed by atoms with Crippen LogP contribution in [0.1, 0.15) is 18.5 Å². The van der Waals surface area contributed by atoms with Gasteiger partial charge in [-0.25, -0.2) is 0 Å². The molecule has 0 unspecified atom stereocenters. The topological polar surface area (TPSA) is 90.7 Å². The number of benzene rings is 2. The van der Waals surface area contributed by atoms with E-state index >= 15 is 0 Å². The van der Waals surface area contributed by atoms with Gasteiger partial charge in [0, 0.05) is 0 Å². The van der Waals surface area contributed by atoms with Crippen LogP contribution in [0.4, 0.5) is 0 Å². The molecule has 0 bridgehead atoms. The lowest BCUT2D eigenvalue weighted by Gasteiger charge is -2.31. The Bertz CT molecular complexity index is 748. The van der Waals surface area contributed by atoms with Crippen LogP contribution in [0.15, 0.2) is 54.6 Å². The Morgan fingerprint density at radius 3 is 2.21 bits per heavy atom. The third-order valence-corrected chi connectivity index (χ3v) is 3.80. The number of para-hydroxylation sites is 2. The highest BCUT2D eigenvalue weighted by Crippen LogP contribution is 2.33. The average Bonchev–Trinajstić information content (AvgIpc) is 2.59. The SMILES string of the molecule is C[C@@H]1Oc2ccccc2O[C@@H]1C(=O)N[C@@H](C(N)=O)c1ccccc1. The number of carbonyl (C=O) groups is 2. The fourth-order valence-corrected chi connectivity index (χ4v) is 2.59. The van der Waals surface area contributed by atoms with E-state index in [1.807, 2.05) is 12.1 Å². The van der Waals surface area contributed by atoms with Crippen molar-refractivity contribution in [1.29, 1.82) is 0 Å². The Morgan fingerprint density at radius 2 is 1.58 bits per heavy atom. The van der Waals surface area contributed by atoms with Gasteiger partial charge in [-0.1, -0.05) is 42.5 Å². The molecule has 24 heavy (non-hydrogen) atoms. The monoisotopic (exact) mass is 326 g/mol. The third-order valence-electron chi connectivity index (χ3n) is 3.80. The van der Waals surface area contributed by atoms with Crippen molar-refractivity contribution in [3.05, 3.63) is 60.2 Å². The maximum Gasteiger partial charge on any atom is 0.265 e. The standard InChI is InChI=1S/C18H18N2O4/c1-11-16(24-14-10-6-5-9-13(14)23-11)18(22)20-15(17(19)21)12-7-3-2-4-8-12/h2-11,15-16H,1H3,(H2,19,21)(H,20,22)/t11-,15+,16-/m0/s1. The largest absolute Gasteiger partial charge is 0.482 e. The van der Waals surface area contributed by atoms with Gasteiger partial charge in [-0.15, -0.1) is 0 Å². The molecule has 1 aliphatic rings. The number of hydrogen-bond donors (Lipinski definition) is 2. The van der Waals surface area contributed by atoms with Crippen LogP contribution in [0.2, 0.25) is 0 Å². The molecule has 6 heteroatoms. The molecular weight excluding hydrogens is 308 g/mol. The van der Waals surface area contributed by atoms with E-state index in [-0.39, 0.29) is 0 Å². The Kier molecular flexibility index (Phi) is 4.37. The van der Waals surface area contributed by atoms with Crippen LogP contribution in [0.5, 0.6) is 11.5 Å². The summed E-state index contributed by atoms with van der Waals surface area (Å²) in [6, 6.07) is 15.0. The summed E-state index contributed by atoms with van der Waals surface area (Å²) in [7, 11) is 0. The highest BCUT2D eigenvalue weighted by Gasteiger charge is 2.35. The summed E-state index contributed by atoms with van der Waals surface area (Å²) >= 11 is 0. The molecule has 0 radical (unpaired) electrons. The van der Waals surface area contributed by atoms with E-state index in [0.29, 0.717) is 17.1 Å². The fourth-order valence-electron chi connectivity index (χ4n) is 2.59. The minimum atomic E-state index is -0.924. The number of nitrogens with two attached hydrogens (primary N) is 1. The molecule has 124 valence electrons. The van der Waals surface area contributed by atoms with Gasteiger partial charge in [0.05, 0.1) is 0 Å². The first kappa shape index (κ1) is 15.9. The second kappa shape index (κ2) is 6.62. The number of amides is 2. The first-order valence-electron chi connectivity index (χ1n) is 7.63. The molecular formula is C18H18N2O4. The molecule has 0 aromatic heterocycles. The second-order valence-electron chi connectivity index (χ2n) is 5.56. The quantitative estimate of drug-likeness (QED) is 0.892. The zero-order chi connectivity index (χ0) is 17.1. The van der Waals surface area contributed by atoms with Crippen LogP contribution in [0, 0.1) is 0 Å². The number of nitrogens with one attached hydrogen (secondary N) is 1. The van der Waals surface area contributed by atoms with Crippen LogP contribution in [-0.4, -0.2) is 24.0 Å². The molecule has 0 fully saturated rings. The number of carbonyl (C=O) groups excluding carboxylic acids is 2. The molecule has 3 rings (SSSR count). The van der Waals surface area contributed by atoms with Gasteiger partial charge in [-0.3, -0.25) is 9.59 Å². The molecule has 1 heterocycles. The van der Waals surface area contributed by atoms with Crippen LogP contribution in [0.3, 0.4) is 0 Å². The number of ether oxygens (including phenoxy) is 2. The summed E-state index contributed by atoms with van der Waals surface area (Å²) in [4.78, 5) is 24.3. The van der Waals surface area contributed by atoms with E-state index in [4.69, 9.17) is 15.2 Å². The number of hydrogen-bond acceptors (Lipinski definition) is 4. The molecule has 0 saturated carbocycles. The van der Waals surface area contributed by atoms with Crippen LogP contribution in [0.25, 0.3) is 0 Å². The van der Waals surface area contributed by atoms with Gasteiger partial charge in [0.25, 0.3) is 5.91 Å². The van der Waals surface area contributed by atoms with Gasteiger partial charge >= 0.3 is 0 Å². The second-order valence-corrected chi connectivity index (χ2v) is 5.56. The highest BCUT2D eigenvalue weighted by atomic mass is 16.6. The van der Waals surface area contributed by atoms with Crippen LogP contribution in [-0.2, 0) is 9.59 Å². The molecule has 1 aliphatic heterocycles. The number of rotatable bonds is 4. The predicted molar refractivity (Wildman–Crippen MR) is 87.5 cm³/mol. The fraction of sp³-hybridized carbons (Fsp3) is 0.222. The summed E-state index contributed by atoms with van der Waals surface area (Å²) in [6.07, 6.45) is -1.37. The Hall–Kier alpha value is -3.02. The summed E-state index contributed by atoms with van der Waals surface area (Å²) in [6.45, 7) is 1.74. The van der Waals surface area contributed by atoms with E-state index in [1.54, 1.807) is 49.4 Å². The first-order valence-corrected chi connectivity index (χ1v) is 7.63. The maximum absolute atomic E-state index is 12.6. The van der Waals surface area contributed by atoms with E-state index in [0.717, 1.165) is 0 Å². The molecule has 6 nitrogen and oxygen atoms in total. The summed E-state index contributed by atoms with van der Waals surface area (Å²) in [5, 5.41) is 2.65. The molecule has 2 amide bonds. The summed E-state index contributed by atoms with van der Waals surface area (Å²) in [5.74, 6) is -0.0152. The Labute approximate surface area is 139 Å². The molecule has 3 atom stereocenters. The van der Waals surface area contributed by atoms with Crippen molar-refractivity contribution in [1.82, 2.24) is 5.32 Å². The van der Waals surface area contributed by atoms with Gasteiger partial charge in [0.1, 0.15) is 12.1 Å². The maximum atomic E-state index is 12.6. The third kappa shape index (κ3) is 3.17. The lowest BCUT2D eigenvalue weighted by Crippen LogP contribution is -2.51. The number of primary amides is 1. The van der Waals surface area contributed by atoms with Gasteiger partial charge in [0.2, 0.25) is 12.0 Å². The van der Waals surface area contributed by atoms with Crippen molar-refractivity contribution < 1.29 is 19.1 Å².